The average molecular weight is 447 g/mol. The molecule has 1 saturated heterocycles. The first-order valence-electron chi connectivity index (χ1n) is 11.2. The summed E-state index contributed by atoms with van der Waals surface area (Å²) < 4.78 is 35.3. The van der Waals surface area contributed by atoms with Gasteiger partial charge in [-0.15, -0.1) is 0 Å². The molecule has 0 bridgehead atoms. The van der Waals surface area contributed by atoms with Crippen LogP contribution in [-0.4, -0.2) is 60.2 Å². The summed E-state index contributed by atoms with van der Waals surface area (Å²) in [6.07, 6.45) is 4.53. The molecule has 1 aromatic carbocycles. The first kappa shape index (κ1) is 22.3. The minimum atomic E-state index is -3.54. The van der Waals surface area contributed by atoms with Crippen LogP contribution in [0.1, 0.15) is 42.6 Å². The predicted octanol–water partition coefficient (Wildman–Crippen LogP) is 3.11. The Bertz CT molecular complexity index is 1000. The van der Waals surface area contributed by atoms with Crippen LogP contribution in [-0.2, 0) is 23.6 Å². The van der Waals surface area contributed by atoms with Gasteiger partial charge in [-0.2, -0.15) is 5.10 Å². The number of nitrogens with zero attached hydrogens (tertiary/aromatic N) is 4. The highest BCUT2D eigenvalue weighted by Gasteiger charge is 2.36. The van der Waals surface area contributed by atoms with Gasteiger partial charge in [0.1, 0.15) is 10.6 Å². The number of ether oxygens (including phenoxy) is 1. The Morgan fingerprint density at radius 1 is 1.13 bits per heavy atom. The maximum atomic E-state index is 13.0. The molecule has 31 heavy (non-hydrogen) atoms. The third-order valence-corrected chi connectivity index (χ3v) is 8.73. The molecule has 0 spiro atoms. The Morgan fingerprint density at radius 2 is 1.77 bits per heavy atom. The molecule has 0 amide bonds. The fourth-order valence-corrected chi connectivity index (χ4v) is 6.37. The smallest absolute Gasteiger partial charge is 0.246 e. The van der Waals surface area contributed by atoms with Gasteiger partial charge in [0, 0.05) is 27.2 Å². The number of aryl methyl sites for hydroxylation is 2. The number of rotatable bonds is 8. The summed E-state index contributed by atoms with van der Waals surface area (Å²) in [7, 11) is -0.104. The predicted molar refractivity (Wildman–Crippen MR) is 121 cm³/mol. The number of sulfonamides is 1. The maximum Gasteiger partial charge on any atom is 0.246 e. The minimum Gasteiger partial charge on any atom is -0.490 e. The highest BCUT2D eigenvalue weighted by molar-refractivity contribution is 7.89. The molecule has 1 aliphatic heterocycles. The summed E-state index contributed by atoms with van der Waals surface area (Å²) >= 11 is 0. The lowest BCUT2D eigenvalue weighted by Gasteiger charge is -2.37. The zero-order chi connectivity index (χ0) is 22.2. The molecule has 4 rings (SSSR count). The maximum absolute atomic E-state index is 13.0. The number of hydrogen-bond acceptors (Lipinski definition) is 5. The summed E-state index contributed by atoms with van der Waals surface area (Å²) in [6, 6.07) is 8.43. The van der Waals surface area contributed by atoms with E-state index in [9.17, 15) is 8.42 Å². The van der Waals surface area contributed by atoms with Crippen LogP contribution in [0.2, 0.25) is 0 Å². The Labute approximate surface area is 186 Å². The van der Waals surface area contributed by atoms with Gasteiger partial charge < -0.3 is 4.74 Å². The number of likely N-dealkylation sites (tertiary alicyclic amines) is 1. The van der Waals surface area contributed by atoms with Crippen LogP contribution in [0, 0.1) is 19.8 Å². The Morgan fingerprint density at radius 3 is 2.35 bits per heavy atom. The van der Waals surface area contributed by atoms with Crippen molar-refractivity contribution < 1.29 is 13.2 Å². The topological polar surface area (TPSA) is 67.7 Å². The van der Waals surface area contributed by atoms with Crippen LogP contribution in [0.15, 0.2) is 29.2 Å². The summed E-state index contributed by atoms with van der Waals surface area (Å²) in [5.41, 5.74) is 2.55. The molecule has 1 aromatic heterocycles. The number of aromatic nitrogens is 2. The van der Waals surface area contributed by atoms with Gasteiger partial charge in [-0.25, -0.2) is 12.7 Å². The van der Waals surface area contributed by atoms with Crippen LogP contribution < -0.4 is 4.74 Å². The largest absolute Gasteiger partial charge is 0.490 e. The van der Waals surface area contributed by atoms with E-state index in [1.165, 1.54) is 35.8 Å². The van der Waals surface area contributed by atoms with Crippen molar-refractivity contribution >= 4 is 10.0 Å². The second-order valence-corrected chi connectivity index (χ2v) is 11.1. The molecule has 2 heterocycles. The van der Waals surface area contributed by atoms with E-state index in [0.717, 1.165) is 25.1 Å². The quantitative estimate of drug-likeness (QED) is 0.623. The summed E-state index contributed by atoms with van der Waals surface area (Å²) in [5, 5.41) is 4.25. The number of hydrogen-bond donors (Lipinski definition) is 0. The van der Waals surface area contributed by atoms with Gasteiger partial charge >= 0.3 is 0 Å². The number of benzene rings is 1. The molecule has 1 aliphatic carbocycles. The van der Waals surface area contributed by atoms with Crippen molar-refractivity contribution in [3.05, 3.63) is 41.2 Å². The van der Waals surface area contributed by atoms with Crippen LogP contribution in [0.5, 0.6) is 5.75 Å². The molecule has 0 radical (unpaired) electrons. The van der Waals surface area contributed by atoms with Gasteiger partial charge in [0.25, 0.3) is 0 Å². The van der Waals surface area contributed by atoms with Crippen molar-refractivity contribution in [2.45, 2.75) is 57.1 Å². The normalized spacial score (nSPS) is 22.1. The van der Waals surface area contributed by atoms with Gasteiger partial charge in [0.15, 0.2) is 0 Å². The van der Waals surface area contributed by atoms with Crippen LogP contribution in [0.4, 0.5) is 0 Å². The van der Waals surface area contributed by atoms with Gasteiger partial charge in [-0.05, 0) is 76.2 Å². The Hall–Kier alpha value is -1.90. The Balaban J connectivity index is 1.26. The third kappa shape index (κ3) is 4.81. The van der Waals surface area contributed by atoms with Gasteiger partial charge in [0.05, 0.1) is 17.5 Å². The first-order valence-corrected chi connectivity index (χ1v) is 12.6. The van der Waals surface area contributed by atoms with E-state index < -0.39 is 10.0 Å². The molecule has 7 nitrogen and oxygen atoms in total. The van der Waals surface area contributed by atoms with Crippen LogP contribution in [0.25, 0.3) is 0 Å². The van der Waals surface area contributed by atoms with Crippen molar-refractivity contribution in [3.8, 4) is 5.75 Å². The summed E-state index contributed by atoms with van der Waals surface area (Å²) in [6.45, 7) is 7.46. The minimum absolute atomic E-state index is 0.160. The lowest BCUT2D eigenvalue weighted by atomic mass is 9.82. The van der Waals surface area contributed by atoms with Crippen molar-refractivity contribution in [2.75, 3.05) is 26.7 Å². The average Bonchev–Trinajstić information content (AvgIpc) is 3.29. The van der Waals surface area contributed by atoms with E-state index in [2.05, 4.69) is 34.3 Å². The van der Waals surface area contributed by atoms with E-state index in [0.29, 0.717) is 28.7 Å². The zero-order valence-electron chi connectivity index (χ0n) is 19.0. The highest BCUT2D eigenvalue weighted by atomic mass is 32.2. The zero-order valence-corrected chi connectivity index (χ0v) is 19.9. The lowest BCUT2D eigenvalue weighted by Crippen LogP contribution is -2.42. The molecule has 8 heteroatoms. The van der Waals surface area contributed by atoms with E-state index in [1.54, 1.807) is 32.6 Å². The molecular weight excluding hydrogens is 412 g/mol. The summed E-state index contributed by atoms with van der Waals surface area (Å²) in [4.78, 5) is 2.82. The first-order chi connectivity index (χ1) is 14.7. The molecule has 0 N–H and O–H groups in total. The second-order valence-electron chi connectivity index (χ2n) is 9.11. The molecule has 0 atom stereocenters. The molecule has 2 aromatic rings. The van der Waals surface area contributed by atoms with Crippen LogP contribution in [0.3, 0.4) is 0 Å². The standard InChI is InChI=1S/C23H34N4O3S/c1-17-23(18(2)26(4)24-17)31(28,29)25(3)15-20-13-22(14-20)30-21-9-7-19(8-10-21)16-27-11-5-6-12-27/h7-10,20,22H,5-6,11-16H2,1-4H3. The van der Waals surface area contributed by atoms with Crippen molar-refractivity contribution in [1.82, 2.24) is 19.0 Å². The van der Waals surface area contributed by atoms with Gasteiger partial charge in [-0.1, -0.05) is 12.1 Å². The molecule has 170 valence electrons. The summed E-state index contributed by atoms with van der Waals surface area (Å²) in [5.74, 6) is 1.22. The van der Waals surface area contributed by atoms with E-state index in [-0.39, 0.29) is 6.10 Å². The van der Waals surface area contributed by atoms with Crippen molar-refractivity contribution in [2.24, 2.45) is 13.0 Å². The fourth-order valence-electron chi connectivity index (χ4n) is 4.73. The monoisotopic (exact) mass is 446 g/mol. The van der Waals surface area contributed by atoms with Crippen molar-refractivity contribution in [1.29, 1.82) is 0 Å². The third-order valence-electron chi connectivity index (χ3n) is 6.65. The van der Waals surface area contributed by atoms with Gasteiger partial charge in [-0.3, -0.25) is 9.58 Å². The molecule has 2 aliphatic rings. The molecule has 1 saturated carbocycles. The highest BCUT2D eigenvalue weighted by Crippen LogP contribution is 2.33. The van der Waals surface area contributed by atoms with Crippen molar-refractivity contribution in [3.63, 3.8) is 0 Å². The molecule has 0 unspecified atom stereocenters. The van der Waals surface area contributed by atoms with Crippen LogP contribution >= 0.6 is 0 Å². The van der Waals surface area contributed by atoms with E-state index >= 15 is 0 Å². The Kier molecular flexibility index (Phi) is 6.42. The van der Waals surface area contributed by atoms with E-state index in [4.69, 9.17) is 4.74 Å². The second kappa shape index (κ2) is 8.92. The van der Waals surface area contributed by atoms with Gasteiger partial charge in [0.2, 0.25) is 10.0 Å². The lowest BCUT2D eigenvalue weighted by molar-refractivity contribution is 0.0575. The van der Waals surface area contributed by atoms with E-state index in [1.807, 2.05) is 0 Å². The fraction of sp³-hybridized carbons (Fsp3) is 0.609. The SMILES string of the molecule is Cc1nn(C)c(C)c1S(=O)(=O)N(C)CC1CC(Oc2ccc(CN3CCCC3)cc2)C1. The molecule has 2 fully saturated rings. The molecular formula is C23H34N4O3S.